The van der Waals surface area contributed by atoms with Crippen LogP contribution in [0.5, 0.6) is 0 Å². The number of benzene rings is 2. The number of ether oxygens (including phenoxy) is 1. The third kappa shape index (κ3) is 5.10. The van der Waals surface area contributed by atoms with Gasteiger partial charge in [0.15, 0.2) is 0 Å². The molecule has 2 aromatic carbocycles. The fraction of sp³-hybridized carbons (Fsp3) is 0.400. The summed E-state index contributed by atoms with van der Waals surface area (Å²) in [4.78, 5) is 36.1. The Hall–Kier alpha value is -3.35. The first-order valence-electron chi connectivity index (χ1n) is 10.9. The zero-order valence-electron chi connectivity index (χ0n) is 18.7. The number of carboxylic acids is 1. The summed E-state index contributed by atoms with van der Waals surface area (Å²) < 4.78 is 5.49. The number of carbonyl (C=O) groups is 3. The number of rotatable bonds is 9. The molecule has 2 amide bonds. The van der Waals surface area contributed by atoms with Crippen LogP contribution < -0.4 is 10.6 Å². The number of carbonyl (C=O) groups excluding carboxylic acids is 2. The summed E-state index contributed by atoms with van der Waals surface area (Å²) in [7, 11) is 0. The van der Waals surface area contributed by atoms with Crippen LogP contribution in [0.3, 0.4) is 0 Å². The summed E-state index contributed by atoms with van der Waals surface area (Å²) in [5.74, 6) is -1.56. The lowest BCUT2D eigenvalue weighted by molar-refractivity contribution is -0.147. The Kier molecular flexibility index (Phi) is 7.18. The highest BCUT2D eigenvalue weighted by atomic mass is 16.5. The Morgan fingerprint density at radius 3 is 2.16 bits per heavy atom. The Morgan fingerprint density at radius 2 is 1.62 bits per heavy atom. The molecular formula is C25H30N2O5. The van der Waals surface area contributed by atoms with Crippen LogP contribution in [0, 0.1) is 0 Å². The molecule has 0 bridgehead atoms. The van der Waals surface area contributed by atoms with Crippen LogP contribution in [0.4, 0.5) is 4.79 Å². The van der Waals surface area contributed by atoms with Crippen LogP contribution in [0.2, 0.25) is 0 Å². The fourth-order valence-electron chi connectivity index (χ4n) is 4.25. The van der Waals surface area contributed by atoms with Gasteiger partial charge in [-0.05, 0) is 42.5 Å². The van der Waals surface area contributed by atoms with Crippen molar-refractivity contribution < 1.29 is 24.2 Å². The van der Waals surface area contributed by atoms with Crippen LogP contribution in [-0.4, -0.2) is 41.3 Å². The predicted molar refractivity (Wildman–Crippen MR) is 121 cm³/mol. The van der Waals surface area contributed by atoms with Gasteiger partial charge in [-0.3, -0.25) is 4.79 Å². The summed E-state index contributed by atoms with van der Waals surface area (Å²) in [6.45, 7) is 5.21. The molecule has 0 radical (unpaired) electrons. The molecule has 0 saturated carbocycles. The quantitative estimate of drug-likeness (QED) is 0.548. The molecule has 3 N–H and O–H groups in total. The van der Waals surface area contributed by atoms with E-state index in [0.717, 1.165) is 22.3 Å². The smallest absolute Gasteiger partial charge is 0.407 e. The summed E-state index contributed by atoms with van der Waals surface area (Å²) in [5, 5.41) is 14.6. The van der Waals surface area contributed by atoms with Crippen molar-refractivity contribution in [3.05, 3.63) is 59.7 Å². The van der Waals surface area contributed by atoms with E-state index < -0.39 is 29.6 Å². The van der Waals surface area contributed by atoms with Crippen molar-refractivity contribution in [3.8, 4) is 11.1 Å². The fourth-order valence-corrected chi connectivity index (χ4v) is 4.25. The highest BCUT2D eigenvalue weighted by molar-refractivity contribution is 5.87. The highest BCUT2D eigenvalue weighted by Gasteiger charge is 2.34. The van der Waals surface area contributed by atoms with Gasteiger partial charge in [-0.15, -0.1) is 0 Å². The topological polar surface area (TPSA) is 105 Å². The minimum atomic E-state index is -1.32. The lowest BCUT2D eigenvalue weighted by atomic mass is 9.96. The van der Waals surface area contributed by atoms with Gasteiger partial charge in [0.25, 0.3) is 0 Å². The number of nitrogens with one attached hydrogen (secondary N) is 2. The molecule has 2 atom stereocenters. The standard InChI is InChI=1S/C25H30N2O5/c1-4-13-25(3,23(29)30)27-22(28)14-16(2)26-24(31)32-15-21-19-11-7-5-9-17(19)18-10-6-8-12-20(18)21/h5-12,16,21H,4,13-15H2,1-3H3,(H,26,31)(H,27,28)(H,29,30). The van der Waals surface area contributed by atoms with Gasteiger partial charge in [0, 0.05) is 18.4 Å². The van der Waals surface area contributed by atoms with Crippen LogP contribution in [0.15, 0.2) is 48.5 Å². The Balaban J connectivity index is 1.54. The summed E-state index contributed by atoms with van der Waals surface area (Å²) in [6, 6.07) is 15.7. The Bertz CT molecular complexity index is 960. The first-order valence-corrected chi connectivity index (χ1v) is 10.9. The molecule has 0 spiro atoms. The van der Waals surface area contributed by atoms with Gasteiger partial charge in [0.1, 0.15) is 12.1 Å². The summed E-state index contributed by atoms with van der Waals surface area (Å²) in [5.41, 5.74) is 3.22. The molecule has 32 heavy (non-hydrogen) atoms. The van der Waals surface area contributed by atoms with E-state index in [1.54, 1.807) is 6.92 Å². The summed E-state index contributed by atoms with van der Waals surface area (Å²) >= 11 is 0. The van der Waals surface area contributed by atoms with Crippen molar-refractivity contribution in [2.45, 2.75) is 57.5 Å². The molecule has 0 heterocycles. The van der Waals surface area contributed by atoms with E-state index in [-0.39, 0.29) is 18.9 Å². The molecule has 0 aromatic heterocycles. The van der Waals surface area contributed by atoms with Gasteiger partial charge >= 0.3 is 12.1 Å². The minimum absolute atomic E-state index is 0.0444. The van der Waals surface area contributed by atoms with Crippen LogP contribution in [0.1, 0.15) is 57.1 Å². The number of carboxylic acid groups (broad SMARTS) is 1. The molecule has 1 aliphatic carbocycles. The van der Waals surface area contributed by atoms with E-state index in [1.165, 1.54) is 6.92 Å². The number of alkyl carbamates (subject to hydrolysis) is 1. The van der Waals surface area contributed by atoms with Gasteiger partial charge in [-0.2, -0.15) is 0 Å². The van der Waals surface area contributed by atoms with E-state index in [2.05, 4.69) is 22.8 Å². The second kappa shape index (κ2) is 9.85. The van der Waals surface area contributed by atoms with E-state index >= 15 is 0 Å². The van der Waals surface area contributed by atoms with Crippen molar-refractivity contribution >= 4 is 18.0 Å². The lowest BCUT2D eigenvalue weighted by Crippen LogP contribution is -2.53. The molecule has 0 fully saturated rings. The molecular weight excluding hydrogens is 408 g/mol. The zero-order valence-corrected chi connectivity index (χ0v) is 18.7. The number of fused-ring (bicyclic) bond motifs is 3. The van der Waals surface area contributed by atoms with Gasteiger partial charge in [0.2, 0.25) is 5.91 Å². The third-order valence-corrected chi connectivity index (χ3v) is 5.84. The summed E-state index contributed by atoms with van der Waals surface area (Å²) in [6.07, 6.45) is 0.289. The number of amides is 2. The predicted octanol–water partition coefficient (Wildman–Crippen LogP) is 4.06. The SMILES string of the molecule is CCCC(C)(NC(=O)CC(C)NC(=O)OCC1c2ccccc2-c2ccccc21)C(=O)O. The van der Waals surface area contributed by atoms with E-state index in [1.807, 2.05) is 43.3 Å². The van der Waals surface area contributed by atoms with E-state index in [9.17, 15) is 19.5 Å². The monoisotopic (exact) mass is 438 g/mol. The van der Waals surface area contributed by atoms with Crippen molar-refractivity contribution in [1.29, 1.82) is 0 Å². The maximum absolute atomic E-state index is 12.4. The molecule has 2 unspecified atom stereocenters. The second-order valence-corrected chi connectivity index (χ2v) is 8.51. The van der Waals surface area contributed by atoms with E-state index in [0.29, 0.717) is 12.8 Å². The van der Waals surface area contributed by atoms with E-state index in [4.69, 9.17) is 4.74 Å². The minimum Gasteiger partial charge on any atom is -0.480 e. The average Bonchev–Trinajstić information content (AvgIpc) is 3.06. The molecule has 0 saturated heterocycles. The number of hydrogen-bond donors (Lipinski definition) is 3. The molecule has 1 aliphatic rings. The molecule has 7 heteroatoms. The average molecular weight is 439 g/mol. The zero-order chi connectivity index (χ0) is 23.3. The second-order valence-electron chi connectivity index (χ2n) is 8.51. The van der Waals surface area contributed by atoms with Crippen molar-refractivity contribution in [1.82, 2.24) is 10.6 Å². The maximum atomic E-state index is 12.4. The largest absolute Gasteiger partial charge is 0.480 e. The first-order chi connectivity index (χ1) is 15.2. The van der Waals surface area contributed by atoms with Crippen molar-refractivity contribution in [2.75, 3.05) is 6.61 Å². The normalized spacial score (nSPS) is 15.1. The molecule has 3 rings (SSSR count). The van der Waals surface area contributed by atoms with Gasteiger partial charge in [0.05, 0.1) is 0 Å². The molecule has 2 aromatic rings. The highest BCUT2D eigenvalue weighted by Crippen LogP contribution is 2.44. The number of aliphatic carboxylic acids is 1. The first kappa shape index (κ1) is 23.3. The van der Waals surface area contributed by atoms with Crippen molar-refractivity contribution in [2.24, 2.45) is 0 Å². The number of hydrogen-bond acceptors (Lipinski definition) is 4. The lowest BCUT2D eigenvalue weighted by Gasteiger charge is -2.26. The maximum Gasteiger partial charge on any atom is 0.407 e. The Morgan fingerprint density at radius 1 is 1.06 bits per heavy atom. The van der Waals surface area contributed by atoms with Crippen LogP contribution in [-0.2, 0) is 14.3 Å². The molecule has 7 nitrogen and oxygen atoms in total. The van der Waals surface area contributed by atoms with Gasteiger partial charge < -0.3 is 20.5 Å². The van der Waals surface area contributed by atoms with Gasteiger partial charge in [-0.25, -0.2) is 9.59 Å². The van der Waals surface area contributed by atoms with Gasteiger partial charge in [-0.1, -0.05) is 61.9 Å². The Labute approximate surface area is 188 Å². The third-order valence-electron chi connectivity index (χ3n) is 5.84. The van der Waals surface area contributed by atoms with Crippen LogP contribution >= 0.6 is 0 Å². The van der Waals surface area contributed by atoms with Crippen LogP contribution in [0.25, 0.3) is 11.1 Å². The van der Waals surface area contributed by atoms with Crippen molar-refractivity contribution in [3.63, 3.8) is 0 Å². The molecule has 0 aliphatic heterocycles. The molecule has 170 valence electrons.